The third-order valence-corrected chi connectivity index (χ3v) is 3.55. The van der Waals surface area contributed by atoms with E-state index in [0.29, 0.717) is 17.3 Å². The standard InChI is InChI=1S/C14H21N3O/c1-2-12-7-11(8-13(15)17-12)14(18)16-9-10-5-3-4-6-10/h7-8,10H,2-6,9H2,1H3,(H2,15,17)(H,16,18). The molecule has 98 valence electrons. The minimum Gasteiger partial charge on any atom is -0.384 e. The largest absolute Gasteiger partial charge is 0.384 e. The Labute approximate surface area is 108 Å². The minimum atomic E-state index is -0.0364. The molecule has 0 radical (unpaired) electrons. The maximum atomic E-state index is 12.0. The molecule has 1 fully saturated rings. The topological polar surface area (TPSA) is 68.0 Å². The Kier molecular flexibility index (Phi) is 4.18. The fraction of sp³-hybridized carbons (Fsp3) is 0.571. The number of nitrogens with one attached hydrogen (secondary N) is 1. The number of nitrogens with two attached hydrogens (primary N) is 1. The van der Waals surface area contributed by atoms with Gasteiger partial charge in [-0.1, -0.05) is 19.8 Å². The summed E-state index contributed by atoms with van der Waals surface area (Å²) < 4.78 is 0. The first-order chi connectivity index (χ1) is 8.69. The number of anilines is 1. The molecule has 4 heteroatoms. The number of aromatic nitrogens is 1. The van der Waals surface area contributed by atoms with E-state index in [1.54, 1.807) is 6.07 Å². The average molecular weight is 247 g/mol. The van der Waals surface area contributed by atoms with Crippen LogP contribution < -0.4 is 11.1 Å². The molecule has 0 unspecified atom stereocenters. The maximum Gasteiger partial charge on any atom is 0.251 e. The molecule has 4 nitrogen and oxygen atoms in total. The van der Waals surface area contributed by atoms with Crippen LogP contribution in [0.2, 0.25) is 0 Å². The lowest BCUT2D eigenvalue weighted by molar-refractivity contribution is 0.0947. The molecule has 0 atom stereocenters. The second-order valence-electron chi connectivity index (χ2n) is 4.99. The van der Waals surface area contributed by atoms with Crippen LogP contribution in [-0.2, 0) is 6.42 Å². The van der Waals surface area contributed by atoms with Gasteiger partial charge in [0.1, 0.15) is 5.82 Å². The van der Waals surface area contributed by atoms with E-state index in [4.69, 9.17) is 5.73 Å². The molecule has 18 heavy (non-hydrogen) atoms. The molecule has 0 spiro atoms. The Balaban J connectivity index is 1.97. The van der Waals surface area contributed by atoms with E-state index >= 15 is 0 Å². The fourth-order valence-corrected chi connectivity index (χ4v) is 2.48. The highest BCUT2D eigenvalue weighted by molar-refractivity contribution is 5.94. The Morgan fingerprint density at radius 2 is 2.17 bits per heavy atom. The van der Waals surface area contributed by atoms with Gasteiger partial charge in [-0.25, -0.2) is 4.98 Å². The smallest absolute Gasteiger partial charge is 0.251 e. The van der Waals surface area contributed by atoms with Crippen molar-refractivity contribution in [2.75, 3.05) is 12.3 Å². The lowest BCUT2D eigenvalue weighted by atomic mass is 10.1. The van der Waals surface area contributed by atoms with Gasteiger partial charge in [0.15, 0.2) is 0 Å². The first-order valence-corrected chi connectivity index (χ1v) is 6.73. The zero-order valence-corrected chi connectivity index (χ0v) is 10.9. The molecule has 1 aromatic heterocycles. The van der Waals surface area contributed by atoms with Crippen LogP contribution in [0.15, 0.2) is 12.1 Å². The third kappa shape index (κ3) is 3.22. The molecular weight excluding hydrogens is 226 g/mol. The number of amides is 1. The predicted molar refractivity (Wildman–Crippen MR) is 72.3 cm³/mol. The van der Waals surface area contributed by atoms with Gasteiger partial charge in [-0.05, 0) is 37.3 Å². The number of rotatable bonds is 4. The number of carbonyl (C=O) groups excluding carboxylic acids is 1. The Morgan fingerprint density at radius 3 is 2.83 bits per heavy atom. The SMILES string of the molecule is CCc1cc(C(=O)NCC2CCCC2)cc(N)n1. The van der Waals surface area contributed by atoms with Crippen molar-refractivity contribution >= 4 is 11.7 Å². The third-order valence-electron chi connectivity index (χ3n) is 3.55. The zero-order valence-electron chi connectivity index (χ0n) is 10.9. The zero-order chi connectivity index (χ0) is 13.0. The number of nitrogens with zero attached hydrogens (tertiary/aromatic N) is 1. The van der Waals surface area contributed by atoms with Crippen molar-refractivity contribution in [1.82, 2.24) is 10.3 Å². The predicted octanol–water partition coefficient (Wildman–Crippen LogP) is 2.15. The van der Waals surface area contributed by atoms with Gasteiger partial charge < -0.3 is 11.1 Å². The van der Waals surface area contributed by atoms with E-state index in [1.807, 2.05) is 13.0 Å². The Bertz CT molecular complexity index is 425. The number of hydrogen-bond acceptors (Lipinski definition) is 3. The van der Waals surface area contributed by atoms with Gasteiger partial charge in [0.05, 0.1) is 0 Å². The molecule has 3 N–H and O–H groups in total. The summed E-state index contributed by atoms with van der Waals surface area (Å²) in [4.78, 5) is 16.2. The first kappa shape index (κ1) is 12.9. The summed E-state index contributed by atoms with van der Waals surface area (Å²) in [6, 6.07) is 3.46. The van der Waals surface area contributed by atoms with Crippen LogP contribution in [0, 0.1) is 5.92 Å². The lowest BCUT2D eigenvalue weighted by Gasteiger charge is -2.11. The van der Waals surface area contributed by atoms with E-state index in [-0.39, 0.29) is 5.91 Å². The highest BCUT2D eigenvalue weighted by atomic mass is 16.1. The number of carbonyl (C=O) groups is 1. The minimum absolute atomic E-state index is 0.0364. The summed E-state index contributed by atoms with van der Waals surface area (Å²) in [6.45, 7) is 2.78. The number of hydrogen-bond donors (Lipinski definition) is 2. The van der Waals surface area contributed by atoms with Crippen LogP contribution in [0.1, 0.15) is 48.7 Å². The van der Waals surface area contributed by atoms with Gasteiger partial charge in [-0.15, -0.1) is 0 Å². The summed E-state index contributed by atoms with van der Waals surface area (Å²) in [6.07, 6.45) is 5.84. The summed E-state index contributed by atoms with van der Waals surface area (Å²) >= 11 is 0. The van der Waals surface area contributed by atoms with Crippen molar-refractivity contribution in [2.45, 2.75) is 39.0 Å². The second-order valence-corrected chi connectivity index (χ2v) is 4.99. The van der Waals surface area contributed by atoms with E-state index in [9.17, 15) is 4.79 Å². The molecule has 1 aliphatic carbocycles. The van der Waals surface area contributed by atoms with Crippen LogP contribution in [0.5, 0.6) is 0 Å². The molecule has 0 bridgehead atoms. The number of nitrogen functional groups attached to an aromatic ring is 1. The molecule has 0 saturated heterocycles. The monoisotopic (exact) mass is 247 g/mol. The molecular formula is C14H21N3O. The summed E-state index contributed by atoms with van der Waals surface area (Å²) in [7, 11) is 0. The molecule has 0 aliphatic heterocycles. The Morgan fingerprint density at radius 1 is 1.44 bits per heavy atom. The van der Waals surface area contributed by atoms with Gasteiger partial charge in [-0.2, -0.15) is 0 Å². The molecule has 0 aromatic carbocycles. The summed E-state index contributed by atoms with van der Waals surface area (Å²) in [5, 5.41) is 3.00. The van der Waals surface area contributed by atoms with Crippen molar-refractivity contribution in [2.24, 2.45) is 5.92 Å². The maximum absolute atomic E-state index is 12.0. The quantitative estimate of drug-likeness (QED) is 0.856. The fourth-order valence-electron chi connectivity index (χ4n) is 2.48. The molecule has 1 aromatic rings. The van der Waals surface area contributed by atoms with Crippen molar-refractivity contribution in [3.63, 3.8) is 0 Å². The highest BCUT2D eigenvalue weighted by Gasteiger charge is 2.16. The van der Waals surface area contributed by atoms with Crippen LogP contribution in [0.4, 0.5) is 5.82 Å². The van der Waals surface area contributed by atoms with Gasteiger partial charge in [-0.3, -0.25) is 4.79 Å². The van der Waals surface area contributed by atoms with Crippen LogP contribution >= 0.6 is 0 Å². The van der Waals surface area contributed by atoms with Crippen molar-refractivity contribution in [3.8, 4) is 0 Å². The first-order valence-electron chi connectivity index (χ1n) is 6.73. The highest BCUT2D eigenvalue weighted by Crippen LogP contribution is 2.23. The van der Waals surface area contributed by atoms with Gasteiger partial charge in [0.2, 0.25) is 0 Å². The van der Waals surface area contributed by atoms with E-state index in [2.05, 4.69) is 10.3 Å². The van der Waals surface area contributed by atoms with Gasteiger partial charge in [0, 0.05) is 17.8 Å². The molecule has 2 rings (SSSR count). The van der Waals surface area contributed by atoms with E-state index in [0.717, 1.165) is 18.7 Å². The summed E-state index contributed by atoms with van der Waals surface area (Å²) in [5.74, 6) is 1.03. The van der Waals surface area contributed by atoms with E-state index < -0.39 is 0 Å². The lowest BCUT2D eigenvalue weighted by Crippen LogP contribution is -2.28. The number of aryl methyl sites for hydroxylation is 1. The average Bonchev–Trinajstić information content (AvgIpc) is 2.88. The molecule has 1 heterocycles. The van der Waals surface area contributed by atoms with Gasteiger partial charge >= 0.3 is 0 Å². The number of pyridine rings is 1. The van der Waals surface area contributed by atoms with Crippen molar-refractivity contribution in [3.05, 3.63) is 23.4 Å². The summed E-state index contributed by atoms with van der Waals surface area (Å²) in [5.41, 5.74) is 7.18. The normalized spacial score (nSPS) is 15.8. The molecule has 1 saturated carbocycles. The Hall–Kier alpha value is -1.58. The van der Waals surface area contributed by atoms with Crippen molar-refractivity contribution in [1.29, 1.82) is 0 Å². The molecule has 1 amide bonds. The van der Waals surface area contributed by atoms with Gasteiger partial charge in [0.25, 0.3) is 5.91 Å². The van der Waals surface area contributed by atoms with Crippen molar-refractivity contribution < 1.29 is 4.79 Å². The van der Waals surface area contributed by atoms with Crippen LogP contribution in [-0.4, -0.2) is 17.4 Å². The van der Waals surface area contributed by atoms with E-state index in [1.165, 1.54) is 25.7 Å². The van der Waals surface area contributed by atoms with Crippen LogP contribution in [0.3, 0.4) is 0 Å². The van der Waals surface area contributed by atoms with Crippen LogP contribution in [0.25, 0.3) is 0 Å². The second kappa shape index (κ2) is 5.85. The molecule has 1 aliphatic rings.